The lowest BCUT2D eigenvalue weighted by Crippen LogP contribution is -1.80. The van der Waals surface area contributed by atoms with Crippen LogP contribution < -0.4 is 0 Å². The first-order valence-corrected chi connectivity index (χ1v) is 5.81. The predicted molar refractivity (Wildman–Crippen MR) is 72.8 cm³/mol. The largest absolute Gasteiger partial charge is 0.508 e. The molecular weight excluding hydrogens is 261 g/mol. The summed E-state index contributed by atoms with van der Waals surface area (Å²) in [5.74, 6) is -0.619. The number of aromatic nitrogens is 1. The van der Waals surface area contributed by atoms with Crippen LogP contribution in [0.4, 0.5) is 4.39 Å². The highest BCUT2D eigenvalue weighted by Crippen LogP contribution is 2.31. The molecule has 3 rings (SSSR count). The molecule has 0 radical (unpaired) electrons. The van der Waals surface area contributed by atoms with E-state index in [-0.39, 0.29) is 17.4 Å². The van der Waals surface area contributed by atoms with E-state index in [1.807, 2.05) is 0 Å². The van der Waals surface area contributed by atoms with E-state index in [1.54, 1.807) is 0 Å². The lowest BCUT2D eigenvalue weighted by molar-refractivity contribution is 0.432. The number of phenols is 2. The molecule has 4 nitrogen and oxygen atoms in total. The second-order valence-electron chi connectivity index (χ2n) is 4.25. The van der Waals surface area contributed by atoms with Crippen molar-refractivity contribution >= 4 is 17.2 Å². The maximum absolute atomic E-state index is 13.6. The second-order valence-corrected chi connectivity index (χ2v) is 4.25. The van der Waals surface area contributed by atoms with Crippen LogP contribution in [0.3, 0.4) is 0 Å². The summed E-state index contributed by atoms with van der Waals surface area (Å²) >= 11 is 0. The zero-order chi connectivity index (χ0) is 15.0. The molecule has 2 aromatic carbocycles. The molecule has 5 heteroatoms. The fraction of sp³-hybridized carbons (Fsp3) is 0. The number of phenolic OH excluding ortho intramolecular Hbond substituents is 2. The molecule has 0 bridgehead atoms. The SMILES string of the molecule is [3H]Oc1ccc(-c2nc3cc(O)cc(C=C)c3o2)cc1F. The van der Waals surface area contributed by atoms with Gasteiger partial charge in [0, 0.05) is 17.2 Å². The van der Waals surface area contributed by atoms with Crippen LogP contribution in [0.25, 0.3) is 28.6 Å². The summed E-state index contributed by atoms with van der Waals surface area (Å²) in [5.41, 5.74) is 1.90. The molecule has 0 aliphatic rings. The average Bonchev–Trinajstić information content (AvgIpc) is 2.90. The summed E-state index contributed by atoms with van der Waals surface area (Å²) in [6, 6.07) is 6.97. The molecular formula is C15H10FNO3. The summed E-state index contributed by atoms with van der Waals surface area (Å²) in [5, 5.41) is 13.7. The fourth-order valence-electron chi connectivity index (χ4n) is 1.95. The van der Waals surface area contributed by atoms with Crippen LogP contribution in [0.1, 0.15) is 5.56 Å². The molecule has 0 atom stereocenters. The van der Waals surface area contributed by atoms with E-state index < -0.39 is 5.82 Å². The van der Waals surface area contributed by atoms with Crippen molar-refractivity contribution in [2.24, 2.45) is 0 Å². The number of fused-ring (bicyclic) bond motifs is 1. The Kier molecular flexibility index (Phi) is 2.42. The van der Waals surface area contributed by atoms with Gasteiger partial charge in [0.25, 0.3) is 1.43 Å². The number of hydrogen-bond donors (Lipinski definition) is 2. The third kappa shape index (κ3) is 1.89. The lowest BCUT2D eigenvalue weighted by Gasteiger charge is -1.97. The van der Waals surface area contributed by atoms with Crippen LogP contribution in [0.2, 0.25) is 0 Å². The van der Waals surface area contributed by atoms with Crippen LogP contribution in [-0.4, -0.2) is 16.6 Å². The third-order valence-electron chi connectivity index (χ3n) is 2.90. The van der Waals surface area contributed by atoms with E-state index >= 15 is 0 Å². The second kappa shape index (κ2) is 4.38. The molecule has 2 N–H and O–H groups in total. The van der Waals surface area contributed by atoms with E-state index in [0.717, 1.165) is 0 Å². The van der Waals surface area contributed by atoms with Gasteiger partial charge in [-0.05, 0) is 24.3 Å². The van der Waals surface area contributed by atoms with Gasteiger partial charge in [0.15, 0.2) is 17.1 Å². The van der Waals surface area contributed by atoms with Crippen molar-refractivity contribution in [2.45, 2.75) is 0 Å². The van der Waals surface area contributed by atoms with Gasteiger partial charge in [-0.1, -0.05) is 12.7 Å². The molecule has 1 aromatic heterocycles. The molecule has 0 unspecified atom stereocenters. The van der Waals surface area contributed by atoms with Gasteiger partial charge < -0.3 is 14.6 Å². The van der Waals surface area contributed by atoms with E-state index in [9.17, 15) is 9.50 Å². The standard InChI is InChI=1S/C15H10FNO3/c1-2-8-5-10(18)7-12-14(8)20-15(17-12)9-3-4-13(19)11(16)6-9/h2-7,18-19H,1H2/i/hT. The van der Waals surface area contributed by atoms with E-state index in [0.29, 0.717) is 22.2 Å². The smallest absolute Gasteiger partial charge is 0.293 e. The zero-order valence-electron chi connectivity index (χ0n) is 11.3. The Morgan fingerprint density at radius 2 is 2.20 bits per heavy atom. The first-order chi connectivity index (χ1) is 10.1. The van der Waals surface area contributed by atoms with Crippen molar-refractivity contribution in [3.8, 4) is 23.0 Å². The Morgan fingerprint density at radius 3 is 2.90 bits per heavy atom. The molecule has 0 amide bonds. The van der Waals surface area contributed by atoms with Crippen LogP contribution in [0.15, 0.2) is 41.3 Å². The zero-order valence-corrected chi connectivity index (χ0v) is 10.3. The van der Waals surface area contributed by atoms with Crippen LogP contribution in [0, 0.1) is 5.82 Å². The first kappa shape index (κ1) is 11.0. The van der Waals surface area contributed by atoms with Crippen LogP contribution in [0.5, 0.6) is 11.5 Å². The molecule has 0 saturated heterocycles. The van der Waals surface area contributed by atoms with Gasteiger partial charge >= 0.3 is 0 Å². The van der Waals surface area contributed by atoms with Gasteiger partial charge in [-0.2, -0.15) is 0 Å². The Balaban J connectivity index is 2.17. The van der Waals surface area contributed by atoms with Gasteiger partial charge in [-0.25, -0.2) is 9.37 Å². The molecule has 1 heterocycles. The van der Waals surface area contributed by atoms with Gasteiger partial charge in [0.1, 0.15) is 11.3 Å². The van der Waals surface area contributed by atoms with Crippen molar-refractivity contribution in [1.82, 2.24) is 4.98 Å². The summed E-state index contributed by atoms with van der Waals surface area (Å²) < 4.78 is 25.9. The number of halogens is 1. The number of benzene rings is 2. The van der Waals surface area contributed by atoms with Crippen molar-refractivity contribution < 1.29 is 19.0 Å². The molecule has 100 valence electrons. The number of rotatable bonds is 3. The van der Waals surface area contributed by atoms with Crippen molar-refractivity contribution in [3.63, 3.8) is 0 Å². The Hall–Kier alpha value is -2.82. The number of hydrogen-bond acceptors (Lipinski definition) is 4. The summed E-state index contributed by atoms with van der Waals surface area (Å²) in [4.78, 5) is 4.22. The molecule has 0 saturated carbocycles. The monoisotopic (exact) mass is 273 g/mol. The van der Waals surface area contributed by atoms with E-state index in [4.69, 9.17) is 5.85 Å². The maximum atomic E-state index is 13.6. The number of aromatic hydroxyl groups is 2. The molecule has 0 fully saturated rings. The fourth-order valence-corrected chi connectivity index (χ4v) is 1.95. The Morgan fingerprint density at radius 1 is 1.35 bits per heavy atom. The van der Waals surface area contributed by atoms with Gasteiger partial charge in [0.2, 0.25) is 5.89 Å². The summed E-state index contributed by atoms with van der Waals surface area (Å²) in [6.45, 7) is 3.64. The Labute approximate surface area is 114 Å². The van der Waals surface area contributed by atoms with Crippen molar-refractivity contribution in [2.75, 3.05) is 0 Å². The quantitative estimate of drug-likeness (QED) is 0.763. The van der Waals surface area contributed by atoms with Crippen LogP contribution >= 0.6 is 0 Å². The molecule has 0 spiro atoms. The normalized spacial score (nSPS) is 11.3. The molecule has 0 aliphatic heterocycles. The van der Waals surface area contributed by atoms with Gasteiger partial charge in [-0.3, -0.25) is 0 Å². The minimum absolute atomic E-state index is 0.0429. The highest BCUT2D eigenvalue weighted by molar-refractivity contribution is 5.86. The summed E-state index contributed by atoms with van der Waals surface area (Å²) in [7, 11) is 0. The first-order valence-electron chi connectivity index (χ1n) is 6.22. The predicted octanol–water partition coefficient (Wildman–Crippen LogP) is 3.69. The minimum Gasteiger partial charge on any atom is -0.508 e. The molecule has 20 heavy (non-hydrogen) atoms. The highest BCUT2D eigenvalue weighted by Gasteiger charge is 2.13. The number of oxazole rings is 1. The maximum Gasteiger partial charge on any atom is 0.293 e. The van der Waals surface area contributed by atoms with Crippen molar-refractivity contribution in [3.05, 3.63) is 48.3 Å². The van der Waals surface area contributed by atoms with Crippen LogP contribution in [-0.2, 0) is 0 Å². The van der Waals surface area contributed by atoms with E-state index in [1.165, 1.54) is 36.4 Å². The Bertz CT molecular complexity index is 844. The average molecular weight is 273 g/mol. The lowest BCUT2D eigenvalue weighted by atomic mass is 10.2. The van der Waals surface area contributed by atoms with E-state index in [2.05, 4.69) is 16.7 Å². The molecule has 0 aliphatic carbocycles. The van der Waals surface area contributed by atoms with Gasteiger partial charge in [-0.15, -0.1) is 0 Å². The highest BCUT2D eigenvalue weighted by atomic mass is 19.1. The third-order valence-corrected chi connectivity index (χ3v) is 2.90. The molecule has 3 aromatic rings. The number of nitrogens with zero attached hydrogens (tertiary/aromatic N) is 1. The topological polar surface area (TPSA) is 66.5 Å². The minimum atomic E-state index is -0.684. The van der Waals surface area contributed by atoms with Crippen molar-refractivity contribution in [1.29, 1.82) is 1.43 Å². The summed E-state index contributed by atoms with van der Waals surface area (Å²) in [6.07, 6.45) is 1.54. The van der Waals surface area contributed by atoms with Gasteiger partial charge in [0.05, 0.1) is 0 Å².